The maximum absolute atomic E-state index is 12.8. The highest BCUT2D eigenvalue weighted by molar-refractivity contribution is 7.92. The first-order chi connectivity index (χ1) is 12.9. The molecule has 0 fully saturated rings. The van der Waals surface area contributed by atoms with Crippen LogP contribution in [0.15, 0.2) is 52.2 Å². The van der Waals surface area contributed by atoms with Gasteiger partial charge in [0.2, 0.25) is 0 Å². The second-order valence-electron chi connectivity index (χ2n) is 5.61. The number of thiazole rings is 1. The van der Waals surface area contributed by atoms with Crippen LogP contribution in [0.5, 0.6) is 0 Å². The van der Waals surface area contributed by atoms with Gasteiger partial charge < -0.3 is 4.74 Å². The van der Waals surface area contributed by atoms with E-state index < -0.39 is 16.0 Å². The minimum absolute atomic E-state index is 0.0122. The van der Waals surface area contributed by atoms with Gasteiger partial charge in [0, 0.05) is 6.54 Å². The normalized spacial score (nSPS) is 11.5. The molecule has 0 unspecified atom stereocenters. The van der Waals surface area contributed by atoms with Crippen molar-refractivity contribution in [3.8, 4) is 0 Å². The number of nitrogens with one attached hydrogen (secondary N) is 1. The van der Waals surface area contributed by atoms with Crippen LogP contribution in [0, 0.1) is 0 Å². The molecule has 2 aromatic carbocycles. The van der Waals surface area contributed by atoms with Gasteiger partial charge >= 0.3 is 10.8 Å². The van der Waals surface area contributed by atoms with Crippen molar-refractivity contribution < 1.29 is 17.9 Å². The van der Waals surface area contributed by atoms with Crippen LogP contribution in [0.1, 0.15) is 24.2 Å². The number of benzene rings is 2. The van der Waals surface area contributed by atoms with Crippen LogP contribution in [0.2, 0.25) is 0 Å². The molecule has 1 aromatic heterocycles. The Kier molecular flexibility index (Phi) is 5.33. The zero-order valence-electron chi connectivity index (χ0n) is 14.8. The van der Waals surface area contributed by atoms with Crippen molar-refractivity contribution in [2.75, 3.05) is 11.3 Å². The van der Waals surface area contributed by atoms with Gasteiger partial charge in [0.25, 0.3) is 10.0 Å². The lowest BCUT2D eigenvalue weighted by Crippen LogP contribution is -2.16. The number of nitrogens with zero attached hydrogens (tertiary/aromatic N) is 1. The van der Waals surface area contributed by atoms with Crippen molar-refractivity contribution in [1.82, 2.24) is 4.57 Å². The molecule has 3 aromatic rings. The number of anilines is 1. The molecular weight excluding hydrogens is 388 g/mol. The molecule has 1 heterocycles. The summed E-state index contributed by atoms with van der Waals surface area (Å²) in [4.78, 5) is 23.9. The molecule has 0 aliphatic carbocycles. The first-order valence-corrected chi connectivity index (χ1v) is 10.6. The minimum Gasteiger partial charge on any atom is -0.462 e. The number of para-hydroxylation sites is 1. The predicted octanol–water partition coefficient (Wildman–Crippen LogP) is 3.06. The monoisotopic (exact) mass is 406 g/mol. The van der Waals surface area contributed by atoms with Gasteiger partial charge in [-0.1, -0.05) is 23.5 Å². The molecule has 142 valence electrons. The average molecular weight is 406 g/mol. The lowest BCUT2D eigenvalue weighted by Gasteiger charge is -2.12. The zero-order valence-corrected chi connectivity index (χ0v) is 16.4. The van der Waals surface area contributed by atoms with Crippen molar-refractivity contribution in [3.05, 3.63) is 57.7 Å². The zero-order chi connectivity index (χ0) is 19.6. The molecule has 0 amide bonds. The van der Waals surface area contributed by atoms with Gasteiger partial charge in [0.15, 0.2) is 0 Å². The van der Waals surface area contributed by atoms with E-state index in [2.05, 4.69) is 4.72 Å². The molecule has 9 heteroatoms. The lowest BCUT2D eigenvalue weighted by atomic mass is 10.2. The number of fused-ring (bicyclic) bond motifs is 1. The predicted molar refractivity (Wildman–Crippen MR) is 105 cm³/mol. The summed E-state index contributed by atoms with van der Waals surface area (Å²) in [5.41, 5.74) is 0.958. The fourth-order valence-corrected chi connectivity index (χ4v) is 4.85. The third-order valence-electron chi connectivity index (χ3n) is 3.93. The van der Waals surface area contributed by atoms with Crippen molar-refractivity contribution >= 4 is 43.2 Å². The molecule has 0 aliphatic rings. The van der Waals surface area contributed by atoms with E-state index in [9.17, 15) is 18.0 Å². The molecule has 0 spiro atoms. The van der Waals surface area contributed by atoms with Crippen LogP contribution in [-0.4, -0.2) is 25.6 Å². The average Bonchev–Trinajstić information content (AvgIpc) is 2.96. The Hall–Kier alpha value is -2.65. The van der Waals surface area contributed by atoms with E-state index in [1.807, 2.05) is 6.92 Å². The SMILES string of the molecule is CCOC(=O)c1ccccc1NS(=O)(=O)c1ccc2c(c1)sc(=O)n2CC. The van der Waals surface area contributed by atoms with E-state index in [1.165, 1.54) is 24.3 Å². The Bertz CT molecular complexity index is 1160. The summed E-state index contributed by atoms with van der Waals surface area (Å²) < 4.78 is 35.2. The van der Waals surface area contributed by atoms with Gasteiger partial charge in [-0.05, 0) is 44.2 Å². The molecule has 7 nitrogen and oxygen atoms in total. The molecule has 0 atom stereocenters. The molecule has 1 N–H and O–H groups in total. The number of carbonyl (C=O) groups excluding carboxylic acids is 1. The minimum atomic E-state index is -3.95. The molecule has 0 saturated carbocycles. The molecule has 0 aliphatic heterocycles. The van der Waals surface area contributed by atoms with E-state index in [0.29, 0.717) is 16.8 Å². The maximum atomic E-state index is 12.8. The van der Waals surface area contributed by atoms with Crippen molar-refractivity contribution in [3.63, 3.8) is 0 Å². The Morgan fingerprint density at radius 2 is 1.93 bits per heavy atom. The highest BCUT2D eigenvalue weighted by Gasteiger charge is 2.20. The molecule has 0 radical (unpaired) electrons. The van der Waals surface area contributed by atoms with Gasteiger partial charge in [-0.25, -0.2) is 13.2 Å². The third kappa shape index (κ3) is 3.74. The van der Waals surface area contributed by atoms with Crippen LogP contribution in [-0.2, 0) is 21.3 Å². The second-order valence-corrected chi connectivity index (χ2v) is 8.29. The van der Waals surface area contributed by atoms with E-state index in [-0.39, 0.29) is 27.6 Å². The van der Waals surface area contributed by atoms with E-state index >= 15 is 0 Å². The first-order valence-electron chi connectivity index (χ1n) is 8.29. The molecule has 27 heavy (non-hydrogen) atoms. The Balaban J connectivity index is 2.00. The number of aryl methyl sites for hydroxylation is 1. The summed E-state index contributed by atoms with van der Waals surface area (Å²) in [6.45, 7) is 4.22. The Morgan fingerprint density at radius 3 is 2.63 bits per heavy atom. The van der Waals surface area contributed by atoms with Gasteiger partial charge in [-0.3, -0.25) is 14.1 Å². The smallest absolute Gasteiger partial charge is 0.340 e. The molecule has 0 bridgehead atoms. The Labute approximate surface area is 160 Å². The van der Waals surface area contributed by atoms with Crippen molar-refractivity contribution in [2.24, 2.45) is 0 Å². The summed E-state index contributed by atoms with van der Waals surface area (Å²) in [7, 11) is -3.95. The van der Waals surface area contributed by atoms with Crippen LogP contribution in [0.4, 0.5) is 5.69 Å². The second kappa shape index (κ2) is 7.53. The topological polar surface area (TPSA) is 94.5 Å². The summed E-state index contributed by atoms with van der Waals surface area (Å²) in [5, 5.41) is 0. The number of hydrogen-bond acceptors (Lipinski definition) is 6. The van der Waals surface area contributed by atoms with Gasteiger partial charge in [0.1, 0.15) is 0 Å². The number of hydrogen-bond donors (Lipinski definition) is 1. The number of ether oxygens (including phenoxy) is 1. The summed E-state index contributed by atoms with van der Waals surface area (Å²) in [6, 6.07) is 10.7. The van der Waals surface area contributed by atoms with Gasteiger partial charge in [0.05, 0.1) is 33.0 Å². The highest BCUT2D eigenvalue weighted by Crippen LogP contribution is 2.25. The third-order valence-corrected chi connectivity index (χ3v) is 6.24. The Morgan fingerprint density at radius 1 is 1.19 bits per heavy atom. The van der Waals surface area contributed by atoms with Crippen molar-refractivity contribution in [2.45, 2.75) is 25.3 Å². The fraction of sp³-hybridized carbons (Fsp3) is 0.222. The fourth-order valence-electron chi connectivity index (χ4n) is 2.68. The van der Waals surface area contributed by atoms with Crippen LogP contribution >= 0.6 is 11.3 Å². The number of rotatable bonds is 6. The summed E-state index contributed by atoms with van der Waals surface area (Å²) in [5.74, 6) is -0.607. The van der Waals surface area contributed by atoms with Crippen molar-refractivity contribution in [1.29, 1.82) is 0 Å². The summed E-state index contributed by atoms with van der Waals surface area (Å²) >= 11 is 0.996. The van der Waals surface area contributed by atoms with Crippen LogP contribution in [0.25, 0.3) is 10.2 Å². The first kappa shape index (κ1) is 19.1. The number of sulfonamides is 1. The van der Waals surface area contributed by atoms with E-state index in [1.54, 1.807) is 29.7 Å². The molecular formula is C18H18N2O5S2. The van der Waals surface area contributed by atoms with Crippen LogP contribution < -0.4 is 9.60 Å². The number of aromatic nitrogens is 1. The van der Waals surface area contributed by atoms with Gasteiger partial charge in [-0.15, -0.1) is 0 Å². The quantitative estimate of drug-likeness (QED) is 0.635. The highest BCUT2D eigenvalue weighted by atomic mass is 32.2. The van der Waals surface area contributed by atoms with E-state index in [4.69, 9.17) is 4.74 Å². The molecule has 3 rings (SSSR count). The largest absolute Gasteiger partial charge is 0.462 e. The van der Waals surface area contributed by atoms with Crippen LogP contribution in [0.3, 0.4) is 0 Å². The molecule has 0 saturated heterocycles. The standard InChI is InChI=1S/C18H18N2O5S2/c1-3-20-15-10-9-12(11-16(15)26-18(20)22)27(23,24)19-14-8-6-5-7-13(14)17(21)25-4-2/h5-11,19H,3-4H2,1-2H3. The summed E-state index contributed by atoms with van der Waals surface area (Å²) in [6.07, 6.45) is 0. The number of esters is 1. The number of carbonyl (C=O) groups is 1. The maximum Gasteiger partial charge on any atom is 0.340 e. The van der Waals surface area contributed by atoms with E-state index in [0.717, 1.165) is 11.3 Å². The van der Waals surface area contributed by atoms with Gasteiger partial charge in [-0.2, -0.15) is 0 Å². The lowest BCUT2D eigenvalue weighted by molar-refractivity contribution is 0.0527.